The van der Waals surface area contributed by atoms with E-state index in [0.717, 1.165) is 12.8 Å². The molecule has 9 nitrogen and oxygen atoms in total. The van der Waals surface area contributed by atoms with Gasteiger partial charge in [-0.3, -0.25) is 0 Å². The molecule has 7 atom stereocenters. The van der Waals surface area contributed by atoms with Crippen LogP contribution in [0, 0.1) is 0 Å². The second kappa shape index (κ2) is 10.3. The molecule has 2 aliphatic rings. The van der Waals surface area contributed by atoms with E-state index >= 15 is 0 Å². The maximum Gasteiger partial charge on any atom is 0.330 e. The Morgan fingerprint density at radius 1 is 1.03 bits per heavy atom. The highest BCUT2D eigenvalue weighted by atomic mass is 16.7. The van der Waals surface area contributed by atoms with Gasteiger partial charge in [-0.2, -0.15) is 0 Å². The first-order valence-corrected chi connectivity index (χ1v) is 10.0. The lowest BCUT2D eigenvalue weighted by Gasteiger charge is -2.42. The van der Waals surface area contributed by atoms with Gasteiger partial charge in [0.25, 0.3) is 0 Å². The molecule has 0 aromatic heterocycles. The van der Waals surface area contributed by atoms with E-state index in [1.165, 1.54) is 24.3 Å². The lowest BCUT2D eigenvalue weighted by atomic mass is 9.94. The van der Waals surface area contributed by atoms with Crippen molar-refractivity contribution in [2.75, 3.05) is 6.61 Å². The van der Waals surface area contributed by atoms with Crippen LogP contribution in [0.4, 0.5) is 0 Å². The summed E-state index contributed by atoms with van der Waals surface area (Å²) < 4.78 is 16.3. The molecule has 1 heterocycles. The summed E-state index contributed by atoms with van der Waals surface area (Å²) in [4.78, 5) is 11.9. The van der Waals surface area contributed by atoms with Gasteiger partial charge in [0, 0.05) is 6.08 Å². The number of carbonyl (C=O) groups excluding carboxylic acids is 1. The fourth-order valence-electron chi connectivity index (χ4n) is 3.54. The lowest BCUT2D eigenvalue weighted by Crippen LogP contribution is -2.60. The minimum Gasteiger partial charge on any atom is -0.508 e. The Bertz CT molecular complexity index is 720. The van der Waals surface area contributed by atoms with Crippen LogP contribution in [-0.4, -0.2) is 81.0 Å². The summed E-state index contributed by atoms with van der Waals surface area (Å²) in [5, 5.41) is 49.8. The molecule has 2 fully saturated rings. The molecule has 5 N–H and O–H groups in total. The van der Waals surface area contributed by atoms with Crippen molar-refractivity contribution in [1.29, 1.82) is 0 Å². The fourth-order valence-corrected chi connectivity index (χ4v) is 3.54. The Morgan fingerprint density at radius 2 is 1.73 bits per heavy atom. The Kier molecular flexibility index (Phi) is 7.81. The number of aliphatic hydroxyl groups excluding tert-OH is 4. The van der Waals surface area contributed by atoms with Crippen molar-refractivity contribution in [3.63, 3.8) is 0 Å². The van der Waals surface area contributed by atoms with E-state index in [-0.39, 0.29) is 12.4 Å². The molecule has 1 aromatic rings. The van der Waals surface area contributed by atoms with E-state index < -0.39 is 48.9 Å². The molecular weight excluding hydrogens is 396 g/mol. The summed E-state index contributed by atoms with van der Waals surface area (Å²) in [6, 6.07) is 6.19. The number of benzene rings is 1. The summed E-state index contributed by atoms with van der Waals surface area (Å²) in [6.45, 7) is -0.364. The first-order chi connectivity index (χ1) is 14.3. The smallest absolute Gasteiger partial charge is 0.330 e. The Hall–Kier alpha value is -2.01. The minimum atomic E-state index is -1.55. The van der Waals surface area contributed by atoms with E-state index in [1.807, 2.05) is 0 Å². The molecule has 0 radical (unpaired) electrons. The van der Waals surface area contributed by atoms with Crippen LogP contribution in [0.25, 0.3) is 6.08 Å². The largest absolute Gasteiger partial charge is 0.508 e. The van der Waals surface area contributed by atoms with Crippen molar-refractivity contribution >= 4 is 12.0 Å². The highest BCUT2D eigenvalue weighted by Crippen LogP contribution is 2.28. The molecule has 0 bridgehead atoms. The fraction of sp³-hybridized carbons (Fsp3) is 0.571. The van der Waals surface area contributed by atoms with Gasteiger partial charge in [-0.25, -0.2) is 4.79 Å². The van der Waals surface area contributed by atoms with Crippen molar-refractivity contribution in [3.8, 4) is 5.75 Å². The number of hydrogen-bond acceptors (Lipinski definition) is 9. The number of aliphatic hydroxyl groups is 4. The van der Waals surface area contributed by atoms with E-state index in [0.29, 0.717) is 18.4 Å². The summed E-state index contributed by atoms with van der Waals surface area (Å²) >= 11 is 0. The van der Waals surface area contributed by atoms with Crippen LogP contribution in [0.2, 0.25) is 0 Å². The van der Waals surface area contributed by atoms with Gasteiger partial charge in [0.05, 0.1) is 12.2 Å². The summed E-state index contributed by atoms with van der Waals surface area (Å²) in [5.41, 5.74) is 0.678. The third kappa shape index (κ3) is 5.78. The zero-order chi connectivity index (χ0) is 21.7. The SMILES string of the molecule is O=C(/C=C\c1ccc(O)cc1)OC[C@H]1O[C@@H](O[C@H]2CCCC[C@H]2O)[C@H](O)[C@@H](O)[C@@H]1O. The minimum absolute atomic E-state index is 0.108. The number of rotatable bonds is 6. The van der Waals surface area contributed by atoms with Crippen molar-refractivity contribution in [1.82, 2.24) is 0 Å². The first-order valence-electron chi connectivity index (χ1n) is 10.0. The van der Waals surface area contributed by atoms with Gasteiger partial charge in [-0.15, -0.1) is 0 Å². The van der Waals surface area contributed by atoms with Gasteiger partial charge < -0.3 is 39.7 Å². The predicted molar refractivity (Wildman–Crippen MR) is 104 cm³/mol. The number of aromatic hydroxyl groups is 1. The molecule has 0 unspecified atom stereocenters. The van der Waals surface area contributed by atoms with E-state index in [1.54, 1.807) is 12.1 Å². The van der Waals surface area contributed by atoms with Crippen LogP contribution in [0.1, 0.15) is 31.2 Å². The van der Waals surface area contributed by atoms with Crippen molar-refractivity contribution < 1.29 is 44.5 Å². The van der Waals surface area contributed by atoms with Gasteiger partial charge in [-0.05, 0) is 36.6 Å². The molecular formula is C21H28O9. The maximum absolute atomic E-state index is 11.9. The van der Waals surface area contributed by atoms with Crippen LogP contribution in [0.5, 0.6) is 5.75 Å². The van der Waals surface area contributed by atoms with Gasteiger partial charge in [0.1, 0.15) is 36.8 Å². The zero-order valence-electron chi connectivity index (χ0n) is 16.4. The number of carbonyl (C=O) groups is 1. The molecule has 30 heavy (non-hydrogen) atoms. The number of esters is 1. The third-order valence-electron chi connectivity index (χ3n) is 5.34. The second-order valence-electron chi connectivity index (χ2n) is 7.60. The van der Waals surface area contributed by atoms with Crippen LogP contribution in [-0.2, 0) is 19.0 Å². The quantitative estimate of drug-likeness (QED) is 0.316. The summed E-state index contributed by atoms with van der Waals surface area (Å²) in [6.07, 6.45) is -2.57. The maximum atomic E-state index is 11.9. The van der Waals surface area contributed by atoms with Crippen molar-refractivity contribution in [3.05, 3.63) is 35.9 Å². The molecule has 1 saturated heterocycles. The molecule has 9 heteroatoms. The average molecular weight is 424 g/mol. The molecule has 3 rings (SSSR count). The second-order valence-corrected chi connectivity index (χ2v) is 7.60. The van der Waals surface area contributed by atoms with Gasteiger partial charge in [0.15, 0.2) is 6.29 Å². The van der Waals surface area contributed by atoms with Crippen LogP contribution in [0.3, 0.4) is 0 Å². The Morgan fingerprint density at radius 3 is 2.43 bits per heavy atom. The van der Waals surface area contributed by atoms with E-state index in [2.05, 4.69) is 0 Å². The van der Waals surface area contributed by atoms with Crippen LogP contribution >= 0.6 is 0 Å². The van der Waals surface area contributed by atoms with Crippen molar-refractivity contribution in [2.24, 2.45) is 0 Å². The van der Waals surface area contributed by atoms with Crippen LogP contribution < -0.4 is 0 Å². The number of phenols is 1. The Labute approximate surface area is 174 Å². The molecule has 1 saturated carbocycles. The highest BCUT2D eigenvalue weighted by Gasteiger charge is 2.46. The molecule has 166 valence electrons. The normalized spacial score (nSPS) is 34.7. The number of hydrogen-bond donors (Lipinski definition) is 5. The molecule has 0 spiro atoms. The molecule has 1 aliphatic carbocycles. The summed E-state index contributed by atoms with van der Waals surface area (Å²) in [5.74, 6) is -0.587. The van der Waals surface area contributed by atoms with E-state index in [4.69, 9.17) is 14.2 Å². The predicted octanol–water partition coefficient (Wildman–Crippen LogP) is 0.0763. The summed E-state index contributed by atoms with van der Waals surface area (Å²) in [7, 11) is 0. The number of phenolic OH excluding ortho intramolecular Hbond substituents is 1. The van der Waals surface area contributed by atoms with Gasteiger partial charge >= 0.3 is 5.97 Å². The van der Waals surface area contributed by atoms with Gasteiger partial charge in [-0.1, -0.05) is 25.0 Å². The van der Waals surface area contributed by atoms with E-state index in [9.17, 15) is 30.3 Å². The topological polar surface area (TPSA) is 146 Å². The van der Waals surface area contributed by atoms with Crippen molar-refractivity contribution in [2.45, 2.75) is 68.6 Å². The van der Waals surface area contributed by atoms with Gasteiger partial charge in [0.2, 0.25) is 0 Å². The standard InChI is InChI=1S/C21H28O9/c22-13-8-5-12(6-9-13)7-10-17(24)28-11-16-18(25)19(26)20(27)21(30-16)29-15-4-2-1-3-14(15)23/h5-10,14-16,18-23,25-27H,1-4,11H2/b10-7-/t14-,15+,16-,18-,19+,20-,21-/m1/s1. The third-order valence-corrected chi connectivity index (χ3v) is 5.34. The molecule has 0 amide bonds. The lowest BCUT2D eigenvalue weighted by molar-refractivity contribution is -0.319. The zero-order valence-corrected chi connectivity index (χ0v) is 16.4. The first kappa shape index (κ1) is 22.7. The monoisotopic (exact) mass is 424 g/mol. The number of ether oxygens (including phenoxy) is 3. The molecule has 1 aliphatic heterocycles. The highest BCUT2D eigenvalue weighted by molar-refractivity contribution is 5.87. The average Bonchev–Trinajstić information content (AvgIpc) is 2.74. The molecule has 1 aromatic carbocycles. The van der Waals surface area contributed by atoms with Crippen LogP contribution in [0.15, 0.2) is 30.3 Å². The Balaban J connectivity index is 1.54.